The van der Waals surface area contributed by atoms with Gasteiger partial charge in [0, 0.05) is 24.9 Å². The van der Waals surface area contributed by atoms with Crippen molar-refractivity contribution in [2.45, 2.75) is 52.5 Å². The topological polar surface area (TPSA) is 85.8 Å². The molecule has 3 N–H and O–H groups in total. The molecule has 6 nitrogen and oxygen atoms in total. The van der Waals surface area contributed by atoms with Crippen molar-refractivity contribution < 1.29 is 4.79 Å². The largest absolute Gasteiger partial charge is 0.352 e. The van der Waals surface area contributed by atoms with Crippen LogP contribution in [-0.2, 0) is 11.3 Å². The number of halogens is 2. The highest BCUT2D eigenvalue weighted by atomic mass is 35.5. The SMILES string of the molecule is Cc1cc(C)n(-c2ccc(CNC(=O)CCCCCCN)cn2)n1.Cl.Cl. The minimum absolute atomic E-state index is 0. The predicted octanol–water partition coefficient (Wildman–Crippen LogP) is 3.25. The average molecular weight is 402 g/mol. The number of nitrogens with zero attached hydrogens (tertiary/aromatic N) is 3. The molecule has 0 aliphatic rings. The van der Waals surface area contributed by atoms with Crippen LogP contribution in [0.1, 0.15) is 49.1 Å². The molecule has 0 saturated carbocycles. The molecule has 0 aliphatic heterocycles. The highest BCUT2D eigenvalue weighted by Crippen LogP contribution is 2.10. The summed E-state index contributed by atoms with van der Waals surface area (Å²) in [5, 5.41) is 7.35. The molecule has 2 rings (SSSR count). The van der Waals surface area contributed by atoms with Gasteiger partial charge in [-0.2, -0.15) is 5.10 Å². The van der Waals surface area contributed by atoms with Gasteiger partial charge in [-0.15, -0.1) is 24.8 Å². The molecule has 0 aliphatic carbocycles. The normalized spacial score (nSPS) is 9.96. The number of nitrogens with one attached hydrogen (secondary N) is 1. The van der Waals surface area contributed by atoms with E-state index in [-0.39, 0.29) is 30.7 Å². The molecule has 1 amide bonds. The molecule has 2 aromatic heterocycles. The Morgan fingerprint density at radius 1 is 1.15 bits per heavy atom. The van der Waals surface area contributed by atoms with Crippen LogP contribution < -0.4 is 11.1 Å². The summed E-state index contributed by atoms with van der Waals surface area (Å²) in [6, 6.07) is 5.91. The van der Waals surface area contributed by atoms with Crippen LogP contribution in [0.2, 0.25) is 0 Å². The number of aromatic nitrogens is 3. The first kappa shape index (κ1) is 24.4. The Morgan fingerprint density at radius 2 is 1.88 bits per heavy atom. The Bertz CT molecular complexity index is 658. The van der Waals surface area contributed by atoms with Gasteiger partial charge in [-0.3, -0.25) is 4.79 Å². The van der Waals surface area contributed by atoms with E-state index < -0.39 is 0 Å². The van der Waals surface area contributed by atoms with Crippen molar-refractivity contribution in [3.8, 4) is 5.82 Å². The zero-order valence-corrected chi connectivity index (χ0v) is 17.0. The van der Waals surface area contributed by atoms with Gasteiger partial charge in [-0.1, -0.05) is 18.9 Å². The number of hydrogen-bond donors (Lipinski definition) is 2. The molecule has 0 fully saturated rings. The standard InChI is InChI=1S/C18H27N5O.2ClH/c1-14-11-15(2)23(22-14)17-9-8-16(12-20-17)13-21-18(24)7-5-3-4-6-10-19;;/h8-9,11-12H,3-7,10,13,19H2,1-2H3,(H,21,24);2*1H. The van der Waals surface area contributed by atoms with Crippen molar-refractivity contribution >= 4 is 30.7 Å². The average Bonchev–Trinajstić information content (AvgIpc) is 2.91. The summed E-state index contributed by atoms with van der Waals surface area (Å²) in [6.45, 7) is 5.20. The van der Waals surface area contributed by atoms with Gasteiger partial charge in [0.2, 0.25) is 5.91 Å². The van der Waals surface area contributed by atoms with Gasteiger partial charge in [0.05, 0.1) is 5.69 Å². The number of rotatable bonds is 9. The van der Waals surface area contributed by atoms with Crippen LogP contribution in [0.3, 0.4) is 0 Å². The highest BCUT2D eigenvalue weighted by molar-refractivity contribution is 5.85. The summed E-state index contributed by atoms with van der Waals surface area (Å²) in [7, 11) is 0. The van der Waals surface area contributed by atoms with Crippen molar-refractivity contribution in [3.63, 3.8) is 0 Å². The van der Waals surface area contributed by atoms with E-state index in [1.54, 1.807) is 6.20 Å². The number of aryl methyl sites for hydroxylation is 2. The third kappa shape index (κ3) is 7.72. The van der Waals surface area contributed by atoms with E-state index >= 15 is 0 Å². The van der Waals surface area contributed by atoms with Crippen LogP contribution in [0, 0.1) is 13.8 Å². The van der Waals surface area contributed by atoms with Crippen molar-refractivity contribution in [3.05, 3.63) is 41.3 Å². The van der Waals surface area contributed by atoms with Crippen molar-refractivity contribution in [1.82, 2.24) is 20.1 Å². The van der Waals surface area contributed by atoms with Crippen LogP contribution >= 0.6 is 24.8 Å². The summed E-state index contributed by atoms with van der Waals surface area (Å²) >= 11 is 0. The minimum Gasteiger partial charge on any atom is -0.352 e. The number of amides is 1. The van der Waals surface area contributed by atoms with Gasteiger partial charge in [-0.25, -0.2) is 9.67 Å². The monoisotopic (exact) mass is 401 g/mol. The molecule has 0 bridgehead atoms. The van der Waals surface area contributed by atoms with E-state index in [9.17, 15) is 4.79 Å². The zero-order valence-electron chi connectivity index (χ0n) is 15.4. The summed E-state index contributed by atoms with van der Waals surface area (Å²) in [6.07, 6.45) is 6.47. The van der Waals surface area contributed by atoms with Crippen molar-refractivity contribution in [1.29, 1.82) is 0 Å². The number of nitrogens with two attached hydrogens (primary N) is 1. The molecule has 2 aromatic rings. The van der Waals surface area contributed by atoms with E-state index in [4.69, 9.17) is 5.73 Å². The van der Waals surface area contributed by atoms with E-state index in [1.807, 2.05) is 36.7 Å². The molecule has 0 unspecified atom stereocenters. The van der Waals surface area contributed by atoms with Gasteiger partial charge >= 0.3 is 0 Å². The number of carbonyl (C=O) groups excluding carboxylic acids is 1. The molecule has 2 heterocycles. The summed E-state index contributed by atoms with van der Waals surface area (Å²) in [5.74, 6) is 0.876. The van der Waals surface area contributed by atoms with Crippen LogP contribution in [0.15, 0.2) is 24.4 Å². The van der Waals surface area contributed by atoms with Gasteiger partial charge in [0.25, 0.3) is 0 Å². The van der Waals surface area contributed by atoms with E-state index in [0.717, 1.165) is 55.0 Å². The third-order valence-corrected chi connectivity index (χ3v) is 3.88. The molecular weight excluding hydrogens is 373 g/mol. The number of hydrogen-bond acceptors (Lipinski definition) is 4. The maximum atomic E-state index is 11.8. The fraction of sp³-hybridized carbons (Fsp3) is 0.500. The van der Waals surface area contributed by atoms with E-state index in [0.29, 0.717) is 13.0 Å². The molecule has 0 aromatic carbocycles. The van der Waals surface area contributed by atoms with Gasteiger partial charge in [0.1, 0.15) is 0 Å². The molecular formula is C18H29Cl2N5O. The van der Waals surface area contributed by atoms with Crippen molar-refractivity contribution in [2.24, 2.45) is 5.73 Å². The lowest BCUT2D eigenvalue weighted by molar-refractivity contribution is -0.121. The first-order chi connectivity index (χ1) is 11.6. The fourth-order valence-electron chi connectivity index (χ4n) is 2.58. The number of carbonyl (C=O) groups is 1. The first-order valence-corrected chi connectivity index (χ1v) is 8.55. The summed E-state index contributed by atoms with van der Waals surface area (Å²) in [5.41, 5.74) is 8.45. The summed E-state index contributed by atoms with van der Waals surface area (Å²) < 4.78 is 1.82. The Labute approximate surface area is 167 Å². The lowest BCUT2D eigenvalue weighted by Crippen LogP contribution is -2.22. The van der Waals surface area contributed by atoms with E-state index in [1.165, 1.54) is 0 Å². The maximum Gasteiger partial charge on any atom is 0.220 e. The highest BCUT2D eigenvalue weighted by Gasteiger charge is 2.06. The van der Waals surface area contributed by atoms with Gasteiger partial charge in [-0.05, 0) is 50.9 Å². The molecule has 26 heavy (non-hydrogen) atoms. The number of pyridine rings is 1. The quantitative estimate of drug-likeness (QED) is 0.631. The van der Waals surface area contributed by atoms with Crippen molar-refractivity contribution in [2.75, 3.05) is 6.54 Å². The van der Waals surface area contributed by atoms with Crippen LogP contribution in [0.4, 0.5) is 0 Å². The first-order valence-electron chi connectivity index (χ1n) is 8.55. The minimum atomic E-state index is 0. The second-order valence-electron chi connectivity index (χ2n) is 6.09. The molecule has 0 atom stereocenters. The third-order valence-electron chi connectivity index (χ3n) is 3.88. The lowest BCUT2D eigenvalue weighted by atomic mass is 10.1. The van der Waals surface area contributed by atoms with E-state index in [2.05, 4.69) is 15.4 Å². The predicted molar refractivity (Wildman–Crippen MR) is 109 cm³/mol. The van der Waals surface area contributed by atoms with Crippen LogP contribution in [0.5, 0.6) is 0 Å². The maximum absolute atomic E-state index is 11.8. The second-order valence-corrected chi connectivity index (χ2v) is 6.09. The molecule has 0 spiro atoms. The Balaban J connectivity index is 0.00000312. The smallest absolute Gasteiger partial charge is 0.220 e. The molecule has 0 saturated heterocycles. The van der Waals surface area contributed by atoms with Crippen LogP contribution in [-0.4, -0.2) is 27.2 Å². The zero-order chi connectivity index (χ0) is 17.4. The molecule has 8 heteroatoms. The second kappa shape index (κ2) is 12.7. The Morgan fingerprint density at radius 3 is 2.46 bits per heavy atom. The lowest BCUT2D eigenvalue weighted by Gasteiger charge is -2.07. The molecule has 0 radical (unpaired) electrons. The summed E-state index contributed by atoms with van der Waals surface area (Å²) in [4.78, 5) is 16.2. The fourth-order valence-corrected chi connectivity index (χ4v) is 2.58. The van der Waals surface area contributed by atoms with Gasteiger partial charge < -0.3 is 11.1 Å². The Hall–Kier alpha value is -1.63. The molecule has 146 valence electrons. The van der Waals surface area contributed by atoms with Gasteiger partial charge in [0.15, 0.2) is 5.82 Å². The number of unbranched alkanes of at least 4 members (excludes halogenated alkanes) is 3. The Kier molecular flexibility index (Phi) is 11.9. The van der Waals surface area contributed by atoms with Crippen LogP contribution in [0.25, 0.3) is 5.82 Å².